The Kier molecular flexibility index (Phi) is 3.43. The molecule has 0 saturated carbocycles. The maximum Gasteiger partial charge on any atom is 0.148 e. The molecule has 3 nitrogen and oxygen atoms in total. The van der Waals surface area contributed by atoms with E-state index in [1.807, 2.05) is 30.3 Å². The van der Waals surface area contributed by atoms with Crippen LogP contribution >= 0.6 is 0 Å². The highest BCUT2D eigenvalue weighted by atomic mass is 15.2. The van der Waals surface area contributed by atoms with Gasteiger partial charge in [-0.2, -0.15) is 10.5 Å². The Labute approximate surface area is 101 Å². The van der Waals surface area contributed by atoms with Gasteiger partial charge in [-0.1, -0.05) is 30.3 Å². The van der Waals surface area contributed by atoms with Gasteiger partial charge < -0.3 is 4.90 Å². The summed E-state index contributed by atoms with van der Waals surface area (Å²) in [6.07, 6.45) is 1.86. The summed E-state index contributed by atoms with van der Waals surface area (Å²) in [4.78, 5) is 2.14. The molecule has 0 bridgehead atoms. The minimum Gasteiger partial charge on any atom is -0.369 e. The molecule has 3 heteroatoms. The van der Waals surface area contributed by atoms with Gasteiger partial charge in [0.25, 0.3) is 0 Å². The molecule has 0 spiro atoms. The molecule has 0 N–H and O–H groups in total. The maximum atomic E-state index is 8.91. The molecular weight excluding hydrogens is 210 g/mol. The molecule has 0 aliphatic carbocycles. The van der Waals surface area contributed by atoms with Crippen molar-refractivity contribution >= 4 is 0 Å². The van der Waals surface area contributed by atoms with Crippen molar-refractivity contribution in [2.45, 2.75) is 19.4 Å². The summed E-state index contributed by atoms with van der Waals surface area (Å²) in [6, 6.07) is 14.1. The first-order valence-electron chi connectivity index (χ1n) is 5.67. The first kappa shape index (κ1) is 11.2. The van der Waals surface area contributed by atoms with E-state index in [0.717, 1.165) is 31.6 Å². The van der Waals surface area contributed by atoms with Gasteiger partial charge in [0.1, 0.15) is 17.7 Å². The van der Waals surface area contributed by atoms with Gasteiger partial charge in [0, 0.05) is 18.8 Å². The molecule has 0 amide bonds. The maximum absolute atomic E-state index is 8.91. The van der Waals surface area contributed by atoms with Gasteiger partial charge in [-0.25, -0.2) is 0 Å². The van der Waals surface area contributed by atoms with Crippen LogP contribution in [0.5, 0.6) is 0 Å². The molecule has 1 fully saturated rings. The Balaban J connectivity index is 2.20. The fourth-order valence-electron chi connectivity index (χ4n) is 2.15. The Bertz CT molecular complexity index is 487. The van der Waals surface area contributed by atoms with Crippen LogP contribution < -0.4 is 0 Å². The van der Waals surface area contributed by atoms with E-state index >= 15 is 0 Å². The summed E-state index contributed by atoms with van der Waals surface area (Å²) in [5.74, 6) is 0. The standard InChI is InChI=1S/C14H13N3/c15-9-13(10-16)14-7-4-8-17(14)11-12-5-2-1-3-6-12/h1-3,5-6H,4,7-8,11H2. The van der Waals surface area contributed by atoms with Crippen LogP contribution in [-0.4, -0.2) is 11.4 Å². The van der Waals surface area contributed by atoms with Gasteiger partial charge in [0.2, 0.25) is 0 Å². The Morgan fingerprint density at radius 1 is 1.18 bits per heavy atom. The second-order valence-corrected chi connectivity index (χ2v) is 4.06. The van der Waals surface area contributed by atoms with E-state index in [2.05, 4.69) is 17.0 Å². The average molecular weight is 223 g/mol. The fourth-order valence-corrected chi connectivity index (χ4v) is 2.15. The average Bonchev–Trinajstić information content (AvgIpc) is 2.81. The van der Waals surface area contributed by atoms with Gasteiger partial charge in [0.05, 0.1) is 0 Å². The van der Waals surface area contributed by atoms with Crippen LogP contribution in [0.4, 0.5) is 0 Å². The molecule has 84 valence electrons. The highest BCUT2D eigenvalue weighted by molar-refractivity contribution is 5.40. The highest BCUT2D eigenvalue weighted by Crippen LogP contribution is 2.25. The third kappa shape index (κ3) is 2.46. The van der Waals surface area contributed by atoms with Crippen molar-refractivity contribution < 1.29 is 0 Å². The summed E-state index contributed by atoms with van der Waals surface area (Å²) in [5.41, 5.74) is 2.37. The van der Waals surface area contributed by atoms with Gasteiger partial charge in [-0.15, -0.1) is 0 Å². The van der Waals surface area contributed by atoms with Crippen molar-refractivity contribution in [3.8, 4) is 12.1 Å². The second kappa shape index (κ2) is 5.18. The number of nitriles is 2. The lowest BCUT2D eigenvalue weighted by atomic mass is 10.1. The molecule has 1 aromatic carbocycles. The molecule has 1 aromatic rings. The molecule has 1 aliphatic rings. The second-order valence-electron chi connectivity index (χ2n) is 4.06. The predicted octanol–water partition coefficient (Wildman–Crippen LogP) is 2.58. The van der Waals surface area contributed by atoms with Crippen molar-refractivity contribution in [3.63, 3.8) is 0 Å². The summed E-state index contributed by atoms with van der Waals surface area (Å²) in [7, 11) is 0. The lowest BCUT2D eigenvalue weighted by Gasteiger charge is -2.20. The van der Waals surface area contributed by atoms with Crippen LogP contribution in [0.15, 0.2) is 41.6 Å². The zero-order valence-electron chi connectivity index (χ0n) is 9.56. The molecule has 1 aliphatic heterocycles. The topological polar surface area (TPSA) is 50.8 Å². The largest absolute Gasteiger partial charge is 0.369 e. The molecule has 1 heterocycles. The SMILES string of the molecule is N#CC(C#N)=C1CCCN1Cc1ccccc1. The van der Waals surface area contributed by atoms with Crippen LogP contribution in [0.1, 0.15) is 18.4 Å². The number of benzene rings is 1. The smallest absolute Gasteiger partial charge is 0.148 e. The number of allylic oxidation sites excluding steroid dienone is 2. The van der Waals surface area contributed by atoms with E-state index in [-0.39, 0.29) is 5.57 Å². The monoisotopic (exact) mass is 223 g/mol. The molecule has 17 heavy (non-hydrogen) atoms. The number of hydrogen-bond acceptors (Lipinski definition) is 3. The minimum absolute atomic E-state index is 0.262. The quantitative estimate of drug-likeness (QED) is 0.724. The first-order valence-corrected chi connectivity index (χ1v) is 5.67. The van der Waals surface area contributed by atoms with Crippen molar-refractivity contribution in [2.75, 3.05) is 6.54 Å². The lowest BCUT2D eigenvalue weighted by Crippen LogP contribution is -2.18. The first-order chi connectivity index (χ1) is 8.35. The Hall–Kier alpha value is -2.26. The summed E-state index contributed by atoms with van der Waals surface area (Å²) in [6.45, 7) is 1.71. The molecule has 0 radical (unpaired) electrons. The Morgan fingerprint density at radius 3 is 2.53 bits per heavy atom. The molecule has 2 rings (SSSR count). The van der Waals surface area contributed by atoms with Crippen molar-refractivity contribution in [2.24, 2.45) is 0 Å². The molecule has 0 aromatic heterocycles. The van der Waals surface area contributed by atoms with E-state index < -0.39 is 0 Å². The zero-order valence-corrected chi connectivity index (χ0v) is 9.56. The normalized spacial score (nSPS) is 14.2. The van der Waals surface area contributed by atoms with E-state index in [1.165, 1.54) is 5.56 Å². The van der Waals surface area contributed by atoms with Crippen molar-refractivity contribution in [1.82, 2.24) is 4.90 Å². The zero-order chi connectivity index (χ0) is 12.1. The lowest BCUT2D eigenvalue weighted by molar-refractivity contribution is 0.385. The number of likely N-dealkylation sites (tertiary alicyclic amines) is 1. The van der Waals surface area contributed by atoms with Crippen molar-refractivity contribution in [1.29, 1.82) is 10.5 Å². The van der Waals surface area contributed by atoms with Crippen LogP contribution in [0.25, 0.3) is 0 Å². The molecule has 0 atom stereocenters. The van der Waals surface area contributed by atoms with Gasteiger partial charge in [-0.05, 0) is 18.4 Å². The summed E-state index contributed by atoms with van der Waals surface area (Å²) >= 11 is 0. The predicted molar refractivity (Wildman–Crippen MR) is 64.3 cm³/mol. The van der Waals surface area contributed by atoms with Crippen LogP contribution in [0, 0.1) is 22.7 Å². The summed E-state index contributed by atoms with van der Waals surface area (Å²) < 4.78 is 0. The van der Waals surface area contributed by atoms with Gasteiger partial charge in [-0.3, -0.25) is 0 Å². The van der Waals surface area contributed by atoms with E-state index in [9.17, 15) is 0 Å². The molecule has 1 saturated heterocycles. The number of rotatable bonds is 2. The Morgan fingerprint density at radius 2 is 1.88 bits per heavy atom. The van der Waals surface area contributed by atoms with E-state index in [4.69, 9.17) is 10.5 Å². The summed E-state index contributed by atoms with van der Waals surface area (Å²) in [5, 5.41) is 17.8. The van der Waals surface area contributed by atoms with Crippen LogP contribution in [0.3, 0.4) is 0 Å². The van der Waals surface area contributed by atoms with Gasteiger partial charge >= 0.3 is 0 Å². The van der Waals surface area contributed by atoms with E-state index in [1.54, 1.807) is 0 Å². The third-order valence-electron chi connectivity index (χ3n) is 2.95. The molecule has 0 unspecified atom stereocenters. The van der Waals surface area contributed by atoms with Crippen molar-refractivity contribution in [3.05, 3.63) is 47.2 Å². The van der Waals surface area contributed by atoms with Crippen LogP contribution in [0.2, 0.25) is 0 Å². The minimum atomic E-state index is 0.262. The van der Waals surface area contributed by atoms with Gasteiger partial charge in [0.15, 0.2) is 0 Å². The highest BCUT2D eigenvalue weighted by Gasteiger charge is 2.20. The fraction of sp³-hybridized carbons (Fsp3) is 0.286. The van der Waals surface area contributed by atoms with E-state index in [0.29, 0.717) is 0 Å². The number of hydrogen-bond donors (Lipinski definition) is 0. The third-order valence-corrected chi connectivity index (χ3v) is 2.95. The van der Waals surface area contributed by atoms with Crippen LogP contribution in [-0.2, 0) is 6.54 Å². The molecular formula is C14H13N3. The number of nitrogens with zero attached hydrogens (tertiary/aromatic N) is 3.